The molecular weight excluding hydrogens is 430 g/mol. The fourth-order valence-electron chi connectivity index (χ4n) is 3.35. The zero-order valence-electron chi connectivity index (χ0n) is 17.2. The fraction of sp³-hybridized carbons (Fsp3) is 0.227. The van der Waals surface area contributed by atoms with Crippen molar-refractivity contribution in [3.63, 3.8) is 0 Å². The maximum absolute atomic E-state index is 14.2. The average Bonchev–Trinajstić information content (AvgIpc) is 2.70. The van der Waals surface area contributed by atoms with E-state index in [1.54, 1.807) is 19.0 Å². The van der Waals surface area contributed by atoms with Crippen LogP contribution >= 0.6 is 0 Å². The van der Waals surface area contributed by atoms with Gasteiger partial charge in [0, 0.05) is 24.1 Å². The van der Waals surface area contributed by atoms with E-state index in [0.717, 1.165) is 18.3 Å². The monoisotopic (exact) mass is 449 g/mol. The lowest BCUT2D eigenvalue weighted by Crippen LogP contribution is -2.13. The van der Waals surface area contributed by atoms with Gasteiger partial charge in [0.2, 0.25) is 0 Å². The van der Waals surface area contributed by atoms with Gasteiger partial charge in [-0.25, -0.2) is 8.78 Å². The number of ether oxygens (including phenoxy) is 1. The van der Waals surface area contributed by atoms with Crippen LogP contribution in [0.1, 0.15) is 16.7 Å². The van der Waals surface area contributed by atoms with Gasteiger partial charge in [0.05, 0.1) is 22.4 Å². The molecule has 3 rings (SSSR count). The molecule has 0 unspecified atom stereocenters. The Balaban J connectivity index is 2.15. The number of hydrogen-bond donors (Lipinski definition) is 0. The van der Waals surface area contributed by atoms with E-state index in [9.17, 15) is 27.7 Å². The largest absolute Gasteiger partial charge is 0.433 e. The highest BCUT2D eigenvalue weighted by Gasteiger charge is 2.24. The molecule has 0 aliphatic heterocycles. The Morgan fingerprint density at radius 1 is 1.12 bits per heavy atom. The van der Waals surface area contributed by atoms with E-state index in [1.165, 1.54) is 30.3 Å². The summed E-state index contributed by atoms with van der Waals surface area (Å²) in [6.07, 6.45) is 0.885. The molecule has 3 aromatic rings. The SMILES string of the molecule is CN(C)Cc1cc(Cc2c(F)cccc2F)cc(-c2ccc(OC(F)F)cn2)c1[N+](=O)[O-]. The third-order valence-corrected chi connectivity index (χ3v) is 4.60. The van der Waals surface area contributed by atoms with Crippen molar-refractivity contribution in [3.05, 3.63) is 87.1 Å². The predicted octanol–water partition coefficient (Wildman–Crippen LogP) is 5.19. The number of halogens is 4. The average molecular weight is 449 g/mol. The summed E-state index contributed by atoms with van der Waals surface area (Å²) in [4.78, 5) is 17.1. The zero-order valence-corrected chi connectivity index (χ0v) is 17.2. The molecule has 0 bridgehead atoms. The molecule has 0 aliphatic rings. The van der Waals surface area contributed by atoms with Crippen LogP contribution in [0.25, 0.3) is 11.3 Å². The van der Waals surface area contributed by atoms with Gasteiger partial charge >= 0.3 is 6.61 Å². The van der Waals surface area contributed by atoms with Crippen molar-refractivity contribution < 1.29 is 27.2 Å². The van der Waals surface area contributed by atoms with E-state index in [1.807, 2.05) is 0 Å². The molecule has 0 atom stereocenters. The summed E-state index contributed by atoms with van der Waals surface area (Å²) in [7, 11) is 3.45. The molecule has 0 radical (unpaired) electrons. The normalized spacial score (nSPS) is 11.2. The van der Waals surface area contributed by atoms with Crippen LogP contribution in [0.3, 0.4) is 0 Å². The quantitative estimate of drug-likeness (QED) is 0.269. The van der Waals surface area contributed by atoms with Gasteiger partial charge in [0.1, 0.15) is 17.4 Å². The number of alkyl halides is 2. The Bertz CT molecular complexity index is 1100. The highest BCUT2D eigenvalue weighted by molar-refractivity contribution is 5.74. The van der Waals surface area contributed by atoms with Gasteiger partial charge in [-0.3, -0.25) is 15.1 Å². The second-order valence-corrected chi connectivity index (χ2v) is 7.28. The number of nitro groups is 1. The highest BCUT2D eigenvalue weighted by atomic mass is 19.3. The number of rotatable bonds is 8. The van der Waals surface area contributed by atoms with Crippen LogP contribution in [-0.4, -0.2) is 35.5 Å². The van der Waals surface area contributed by atoms with Crippen LogP contribution in [0.5, 0.6) is 5.75 Å². The highest BCUT2D eigenvalue weighted by Crippen LogP contribution is 2.35. The van der Waals surface area contributed by atoms with Gasteiger partial charge < -0.3 is 9.64 Å². The first kappa shape index (κ1) is 23.1. The van der Waals surface area contributed by atoms with E-state index in [0.29, 0.717) is 11.1 Å². The van der Waals surface area contributed by atoms with Crippen LogP contribution in [0.4, 0.5) is 23.2 Å². The first-order chi connectivity index (χ1) is 15.2. The molecule has 168 valence electrons. The van der Waals surface area contributed by atoms with Crippen molar-refractivity contribution in [1.82, 2.24) is 9.88 Å². The Morgan fingerprint density at radius 3 is 2.34 bits per heavy atom. The fourth-order valence-corrected chi connectivity index (χ4v) is 3.35. The van der Waals surface area contributed by atoms with E-state index >= 15 is 0 Å². The van der Waals surface area contributed by atoms with Gasteiger partial charge in [0.25, 0.3) is 5.69 Å². The second-order valence-electron chi connectivity index (χ2n) is 7.28. The molecule has 0 fully saturated rings. The van der Waals surface area contributed by atoms with Gasteiger partial charge in [0.15, 0.2) is 0 Å². The lowest BCUT2D eigenvalue weighted by atomic mass is 9.95. The number of nitro benzene ring substituents is 1. The number of aromatic nitrogens is 1. The molecule has 0 saturated carbocycles. The van der Waals surface area contributed by atoms with Crippen molar-refractivity contribution in [2.75, 3.05) is 14.1 Å². The van der Waals surface area contributed by atoms with Crippen LogP contribution in [0.2, 0.25) is 0 Å². The standard InChI is InChI=1S/C22H19F4N3O3/c1-28(2)12-14-8-13(9-16-18(23)4-3-5-19(16)24)10-17(21(14)29(30)31)20-7-6-15(11-27-20)32-22(25)26/h3-8,10-11,22H,9,12H2,1-2H3. The maximum Gasteiger partial charge on any atom is 0.387 e. The summed E-state index contributed by atoms with van der Waals surface area (Å²) in [5.74, 6) is -1.67. The van der Waals surface area contributed by atoms with Crippen molar-refractivity contribution in [1.29, 1.82) is 0 Å². The smallest absolute Gasteiger partial charge is 0.387 e. The lowest BCUT2D eigenvalue weighted by Gasteiger charge is -2.15. The van der Waals surface area contributed by atoms with Crippen molar-refractivity contribution >= 4 is 5.69 Å². The maximum atomic E-state index is 14.2. The van der Waals surface area contributed by atoms with Crippen LogP contribution in [-0.2, 0) is 13.0 Å². The van der Waals surface area contributed by atoms with E-state index < -0.39 is 23.2 Å². The van der Waals surface area contributed by atoms with Gasteiger partial charge in [-0.15, -0.1) is 0 Å². The first-order valence-electron chi connectivity index (χ1n) is 9.44. The van der Waals surface area contributed by atoms with Crippen molar-refractivity contribution in [2.45, 2.75) is 19.6 Å². The number of nitrogens with zero attached hydrogens (tertiary/aromatic N) is 3. The van der Waals surface area contributed by atoms with Gasteiger partial charge in [-0.1, -0.05) is 6.07 Å². The number of hydrogen-bond acceptors (Lipinski definition) is 5. The molecule has 32 heavy (non-hydrogen) atoms. The second kappa shape index (κ2) is 9.73. The summed E-state index contributed by atoms with van der Waals surface area (Å²) in [5, 5.41) is 11.9. The molecule has 2 aromatic carbocycles. The molecule has 1 aromatic heterocycles. The van der Waals surface area contributed by atoms with Crippen molar-refractivity contribution in [2.24, 2.45) is 0 Å². The van der Waals surface area contributed by atoms with E-state index in [4.69, 9.17) is 0 Å². The molecule has 0 spiro atoms. The zero-order chi connectivity index (χ0) is 23.4. The molecular formula is C22H19F4N3O3. The van der Waals surface area contributed by atoms with Crippen LogP contribution < -0.4 is 4.74 Å². The first-order valence-corrected chi connectivity index (χ1v) is 9.44. The minimum absolute atomic E-state index is 0.102. The third kappa shape index (κ3) is 5.38. The summed E-state index contributed by atoms with van der Waals surface area (Å²) >= 11 is 0. The van der Waals surface area contributed by atoms with E-state index in [-0.39, 0.29) is 41.2 Å². The Kier molecular flexibility index (Phi) is 7.04. The Labute approximate surface area is 181 Å². The van der Waals surface area contributed by atoms with Crippen LogP contribution in [0.15, 0.2) is 48.7 Å². The molecule has 0 amide bonds. The summed E-state index contributed by atoms with van der Waals surface area (Å²) < 4.78 is 57.4. The minimum Gasteiger partial charge on any atom is -0.433 e. The van der Waals surface area contributed by atoms with E-state index in [2.05, 4.69) is 9.72 Å². The number of pyridine rings is 1. The molecule has 0 aliphatic carbocycles. The predicted molar refractivity (Wildman–Crippen MR) is 110 cm³/mol. The Morgan fingerprint density at radius 2 is 1.81 bits per heavy atom. The lowest BCUT2D eigenvalue weighted by molar-refractivity contribution is -0.385. The molecule has 0 N–H and O–H groups in total. The molecule has 0 saturated heterocycles. The molecule has 1 heterocycles. The van der Waals surface area contributed by atoms with Gasteiger partial charge in [-0.2, -0.15) is 8.78 Å². The summed E-state index contributed by atoms with van der Waals surface area (Å²) in [6.45, 7) is -2.86. The molecule has 10 heteroatoms. The number of benzene rings is 2. The third-order valence-electron chi connectivity index (χ3n) is 4.60. The minimum atomic E-state index is -3.04. The molecule has 6 nitrogen and oxygen atoms in total. The summed E-state index contributed by atoms with van der Waals surface area (Å²) in [6, 6.07) is 9.00. The van der Waals surface area contributed by atoms with Crippen LogP contribution in [0, 0.1) is 21.7 Å². The van der Waals surface area contributed by atoms with Gasteiger partial charge in [-0.05, 0) is 56.1 Å². The Hall–Kier alpha value is -3.53. The topological polar surface area (TPSA) is 68.5 Å². The summed E-state index contributed by atoms with van der Waals surface area (Å²) in [5.41, 5.74) is 0.585. The van der Waals surface area contributed by atoms with Crippen molar-refractivity contribution in [3.8, 4) is 17.0 Å².